The Balaban J connectivity index is 2.18. The molecule has 13 heteroatoms. The fraction of sp³-hybridized carbons (Fsp3) is 0.657. The number of hydrogen-bond donors (Lipinski definition) is 4. The molecule has 1 aliphatic heterocycles. The van der Waals surface area contributed by atoms with E-state index in [1.807, 2.05) is 35.2 Å². The van der Waals surface area contributed by atoms with Gasteiger partial charge in [0.25, 0.3) is 0 Å². The van der Waals surface area contributed by atoms with Gasteiger partial charge in [-0.25, -0.2) is 19.2 Å². The highest BCUT2D eigenvalue weighted by molar-refractivity contribution is 5.69. The van der Waals surface area contributed by atoms with Gasteiger partial charge < -0.3 is 45.1 Å². The highest BCUT2D eigenvalue weighted by atomic mass is 16.6. The van der Waals surface area contributed by atoms with Crippen LogP contribution in [-0.4, -0.2) is 83.8 Å². The van der Waals surface area contributed by atoms with E-state index in [0.717, 1.165) is 5.56 Å². The van der Waals surface area contributed by atoms with Gasteiger partial charge in [-0.05, 0) is 93.6 Å². The predicted molar refractivity (Wildman–Crippen MR) is 183 cm³/mol. The second kappa shape index (κ2) is 17.8. The highest BCUT2D eigenvalue weighted by Crippen LogP contribution is 2.22. The third-order valence-corrected chi connectivity index (χ3v) is 6.79. The predicted octanol–water partition coefficient (Wildman–Crippen LogP) is 5.98. The lowest BCUT2D eigenvalue weighted by Gasteiger charge is -2.42. The molecule has 1 aromatic carbocycles. The Labute approximate surface area is 285 Å². The molecule has 2 rings (SSSR count). The summed E-state index contributed by atoms with van der Waals surface area (Å²) in [6.45, 7) is 21.6. The number of alkyl carbamates (subject to hydrolysis) is 4. The molecule has 4 amide bonds. The number of benzene rings is 1. The number of amides is 4. The normalized spacial score (nSPS) is 17.3. The molecule has 1 saturated heterocycles. The third-order valence-electron chi connectivity index (χ3n) is 6.79. The summed E-state index contributed by atoms with van der Waals surface area (Å²) in [6, 6.07) is 7.99. The zero-order chi connectivity index (χ0) is 36.1. The quantitative estimate of drug-likeness (QED) is 0.155. The van der Waals surface area contributed by atoms with Gasteiger partial charge in [0.05, 0.1) is 18.1 Å². The van der Waals surface area contributed by atoms with Crippen LogP contribution >= 0.6 is 0 Å². The Morgan fingerprint density at radius 1 is 0.771 bits per heavy atom. The summed E-state index contributed by atoms with van der Waals surface area (Å²) < 4.78 is 21.8. The summed E-state index contributed by atoms with van der Waals surface area (Å²) >= 11 is 0. The third kappa shape index (κ3) is 17.1. The minimum Gasteiger partial charge on any atom is -0.445 e. The molecule has 0 unspecified atom stereocenters. The molecule has 1 heterocycles. The van der Waals surface area contributed by atoms with Gasteiger partial charge >= 0.3 is 24.4 Å². The van der Waals surface area contributed by atoms with Crippen LogP contribution in [0.25, 0.3) is 0 Å². The monoisotopic (exact) mass is 675 g/mol. The Kier molecular flexibility index (Phi) is 14.9. The van der Waals surface area contributed by atoms with E-state index >= 15 is 0 Å². The molecule has 13 nitrogen and oxygen atoms in total. The standard InChI is InChI=1S/C35H57N5O8/c1-24(40-21-26(37-31(43)47-34(5,6)7)20-27(22-40)38-32(44)48-35(8,9)10)28(18-14-15-19-36-29(41)46-33(2,3)4)39-30(42)45-23-25-16-12-11-13-17-25/h11-13,16-17,26-28H,1,14-15,18-23H2,2-10H3,(H,36,41)(H,37,43)(H,38,44)(H,39,42)/t26-,27+,28-/m0/s1. The van der Waals surface area contributed by atoms with E-state index in [1.54, 1.807) is 62.3 Å². The van der Waals surface area contributed by atoms with E-state index in [2.05, 4.69) is 27.8 Å². The van der Waals surface area contributed by atoms with Crippen molar-refractivity contribution in [3.63, 3.8) is 0 Å². The SMILES string of the molecule is C=C([C@H](CCCCNC(=O)OC(C)(C)C)NC(=O)OCc1ccccc1)N1C[C@H](NC(=O)OC(C)(C)C)C[C@H](NC(=O)OC(C)(C)C)C1. The lowest BCUT2D eigenvalue weighted by Crippen LogP contribution is -2.58. The van der Waals surface area contributed by atoms with Gasteiger partial charge in [-0.2, -0.15) is 0 Å². The number of unbranched alkanes of at least 4 members (excludes halogenated alkanes) is 1. The molecule has 1 aliphatic rings. The molecule has 48 heavy (non-hydrogen) atoms. The van der Waals surface area contributed by atoms with E-state index in [4.69, 9.17) is 18.9 Å². The average Bonchev–Trinajstić information content (AvgIpc) is 2.92. The first-order valence-electron chi connectivity index (χ1n) is 16.6. The van der Waals surface area contributed by atoms with Gasteiger partial charge in [-0.3, -0.25) is 0 Å². The smallest absolute Gasteiger partial charge is 0.408 e. The van der Waals surface area contributed by atoms with Crippen LogP contribution < -0.4 is 21.3 Å². The number of ether oxygens (including phenoxy) is 4. The highest BCUT2D eigenvalue weighted by Gasteiger charge is 2.34. The number of nitrogens with zero attached hydrogens (tertiary/aromatic N) is 1. The van der Waals surface area contributed by atoms with E-state index in [-0.39, 0.29) is 6.61 Å². The van der Waals surface area contributed by atoms with Crippen molar-refractivity contribution >= 4 is 24.4 Å². The first-order valence-corrected chi connectivity index (χ1v) is 16.6. The van der Waals surface area contributed by atoms with E-state index < -0.39 is 59.3 Å². The van der Waals surface area contributed by atoms with Crippen molar-refractivity contribution in [2.45, 2.75) is 130 Å². The van der Waals surface area contributed by atoms with Gasteiger partial charge in [0, 0.05) is 25.3 Å². The van der Waals surface area contributed by atoms with Gasteiger partial charge in [0.1, 0.15) is 23.4 Å². The minimum atomic E-state index is -0.691. The molecule has 3 atom stereocenters. The number of rotatable bonds is 12. The van der Waals surface area contributed by atoms with Crippen LogP contribution in [0.15, 0.2) is 42.6 Å². The van der Waals surface area contributed by atoms with Crippen LogP contribution in [0.1, 0.15) is 93.6 Å². The summed E-state index contributed by atoms with van der Waals surface area (Å²) in [6.07, 6.45) is -0.0935. The molecule has 0 aliphatic carbocycles. The van der Waals surface area contributed by atoms with Crippen molar-refractivity contribution in [2.75, 3.05) is 19.6 Å². The number of hydrogen-bond acceptors (Lipinski definition) is 9. The first kappa shape index (κ1) is 40.0. The number of nitrogens with one attached hydrogen (secondary N) is 4. The number of piperidine rings is 1. The van der Waals surface area contributed by atoms with Gasteiger partial charge in [0.2, 0.25) is 0 Å². The van der Waals surface area contributed by atoms with E-state index in [1.165, 1.54) is 0 Å². The second-order valence-corrected chi connectivity index (χ2v) is 15.0. The molecule has 0 radical (unpaired) electrons. The summed E-state index contributed by atoms with van der Waals surface area (Å²) in [5.74, 6) is 0. The molecule has 0 saturated carbocycles. The van der Waals surface area contributed by atoms with Crippen LogP contribution in [0, 0.1) is 0 Å². The maximum absolute atomic E-state index is 13.0. The zero-order valence-electron chi connectivity index (χ0n) is 30.2. The molecule has 270 valence electrons. The van der Waals surface area contributed by atoms with Gasteiger partial charge in [-0.1, -0.05) is 36.9 Å². The Morgan fingerprint density at radius 2 is 1.27 bits per heavy atom. The van der Waals surface area contributed by atoms with Crippen molar-refractivity contribution in [3.8, 4) is 0 Å². The van der Waals surface area contributed by atoms with Crippen molar-refractivity contribution in [2.24, 2.45) is 0 Å². The Hall–Kier alpha value is -4.16. The summed E-state index contributed by atoms with van der Waals surface area (Å²) in [7, 11) is 0. The molecule has 1 fully saturated rings. The molecular formula is C35H57N5O8. The minimum absolute atomic E-state index is 0.0964. The number of likely N-dealkylation sites (tertiary alicyclic amines) is 1. The molecule has 4 N–H and O–H groups in total. The molecule has 1 aromatic rings. The second-order valence-electron chi connectivity index (χ2n) is 15.0. The molecule has 0 aromatic heterocycles. The van der Waals surface area contributed by atoms with Gasteiger partial charge in [-0.15, -0.1) is 0 Å². The fourth-order valence-corrected chi connectivity index (χ4v) is 4.92. The number of carbonyl (C=O) groups is 4. The largest absolute Gasteiger partial charge is 0.445 e. The molecule has 0 bridgehead atoms. The zero-order valence-corrected chi connectivity index (χ0v) is 30.2. The summed E-state index contributed by atoms with van der Waals surface area (Å²) in [5.41, 5.74) is -0.552. The van der Waals surface area contributed by atoms with E-state index in [0.29, 0.717) is 51.0 Å². The van der Waals surface area contributed by atoms with Crippen molar-refractivity contribution in [1.29, 1.82) is 0 Å². The lowest BCUT2D eigenvalue weighted by atomic mass is 9.98. The summed E-state index contributed by atoms with van der Waals surface area (Å²) in [4.78, 5) is 52.4. The number of carbonyl (C=O) groups excluding carboxylic acids is 4. The van der Waals surface area contributed by atoms with Crippen LogP contribution in [0.4, 0.5) is 19.2 Å². The molecule has 0 spiro atoms. The topological polar surface area (TPSA) is 157 Å². The van der Waals surface area contributed by atoms with Crippen molar-refractivity contribution < 1.29 is 38.1 Å². The van der Waals surface area contributed by atoms with Crippen LogP contribution in [0.3, 0.4) is 0 Å². The average molecular weight is 676 g/mol. The van der Waals surface area contributed by atoms with Crippen LogP contribution in [0.5, 0.6) is 0 Å². The maximum Gasteiger partial charge on any atom is 0.408 e. The van der Waals surface area contributed by atoms with Crippen molar-refractivity contribution in [1.82, 2.24) is 26.2 Å². The Bertz CT molecular complexity index is 1180. The first-order chi connectivity index (χ1) is 22.2. The summed E-state index contributed by atoms with van der Waals surface area (Å²) in [5, 5.41) is 11.5. The Morgan fingerprint density at radius 3 is 1.77 bits per heavy atom. The van der Waals surface area contributed by atoms with Crippen LogP contribution in [0.2, 0.25) is 0 Å². The fourth-order valence-electron chi connectivity index (χ4n) is 4.92. The van der Waals surface area contributed by atoms with E-state index in [9.17, 15) is 19.2 Å². The van der Waals surface area contributed by atoms with Gasteiger partial charge in [0.15, 0.2) is 0 Å². The molecular weight excluding hydrogens is 618 g/mol. The van der Waals surface area contributed by atoms with Crippen LogP contribution in [-0.2, 0) is 25.6 Å². The maximum atomic E-state index is 13.0. The lowest BCUT2D eigenvalue weighted by molar-refractivity contribution is 0.0426. The van der Waals surface area contributed by atoms with Crippen molar-refractivity contribution in [3.05, 3.63) is 48.2 Å².